The van der Waals surface area contributed by atoms with Crippen LogP contribution >= 0.6 is 0 Å². The van der Waals surface area contributed by atoms with Gasteiger partial charge in [-0.15, -0.1) is 0 Å². The third-order valence-electron chi connectivity index (χ3n) is 2.10. The van der Waals surface area contributed by atoms with Gasteiger partial charge in [0.2, 0.25) is 0 Å². The molecule has 0 radical (unpaired) electrons. The average Bonchev–Trinajstić information content (AvgIpc) is 2.14. The molecule has 16 heavy (non-hydrogen) atoms. The first kappa shape index (κ1) is 12.4. The minimum absolute atomic E-state index is 0.0979. The first-order valence-corrected chi connectivity index (χ1v) is 4.48. The van der Waals surface area contributed by atoms with Gasteiger partial charge < -0.3 is 10.8 Å². The standard InChI is InChI=1S/C10H10F3NO2/c11-10(12,13)5-4-6-2-1-3-7(8(6)14)9(15)16/h1-3H,4-5,14H2,(H,15,16). The van der Waals surface area contributed by atoms with Crippen LogP contribution < -0.4 is 5.73 Å². The molecule has 0 aromatic heterocycles. The summed E-state index contributed by atoms with van der Waals surface area (Å²) in [5, 5.41) is 8.72. The van der Waals surface area contributed by atoms with E-state index >= 15 is 0 Å². The van der Waals surface area contributed by atoms with Gasteiger partial charge in [-0.05, 0) is 18.1 Å². The Labute approximate surface area is 89.7 Å². The van der Waals surface area contributed by atoms with Crippen LogP contribution in [0.2, 0.25) is 0 Å². The third-order valence-corrected chi connectivity index (χ3v) is 2.10. The smallest absolute Gasteiger partial charge is 0.389 e. The van der Waals surface area contributed by atoms with Crippen LogP contribution in [0.5, 0.6) is 0 Å². The summed E-state index contributed by atoms with van der Waals surface area (Å²) in [6.07, 6.45) is -5.59. The minimum atomic E-state index is -4.27. The van der Waals surface area contributed by atoms with Crippen molar-refractivity contribution in [3.8, 4) is 0 Å². The average molecular weight is 233 g/mol. The van der Waals surface area contributed by atoms with Crippen molar-refractivity contribution >= 4 is 11.7 Å². The number of halogens is 3. The van der Waals surface area contributed by atoms with Crippen molar-refractivity contribution in [2.75, 3.05) is 5.73 Å². The molecule has 1 aromatic rings. The molecule has 0 amide bonds. The molecule has 0 spiro atoms. The fraction of sp³-hybridized carbons (Fsp3) is 0.300. The molecule has 3 N–H and O–H groups in total. The van der Waals surface area contributed by atoms with Crippen molar-refractivity contribution in [1.82, 2.24) is 0 Å². The predicted molar refractivity (Wildman–Crippen MR) is 52.2 cm³/mol. The molecule has 1 aromatic carbocycles. The highest BCUT2D eigenvalue weighted by Gasteiger charge is 2.27. The van der Waals surface area contributed by atoms with Crippen LogP contribution in [0.15, 0.2) is 18.2 Å². The number of anilines is 1. The number of carboxylic acid groups (broad SMARTS) is 1. The summed E-state index contributed by atoms with van der Waals surface area (Å²) in [5.41, 5.74) is 5.41. The fourth-order valence-electron chi connectivity index (χ4n) is 1.29. The summed E-state index contributed by atoms with van der Waals surface area (Å²) < 4.78 is 35.9. The molecule has 0 atom stereocenters. The van der Waals surface area contributed by atoms with E-state index in [2.05, 4.69) is 0 Å². The van der Waals surface area contributed by atoms with E-state index in [1.54, 1.807) is 0 Å². The molecule has 0 unspecified atom stereocenters. The van der Waals surface area contributed by atoms with Gasteiger partial charge in [0.1, 0.15) is 0 Å². The SMILES string of the molecule is Nc1c(CCC(F)(F)F)cccc1C(=O)O. The van der Waals surface area contributed by atoms with E-state index in [0.717, 1.165) is 0 Å². The van der Waals surface area contributed by atoms with Crippen LogP contribution in [0.1, 0.15) is 22.3 Å². The number of nitrogens with two attached hydrogens (primary N) is 1. The normalized spacial score (nSPS) is 11.4. The number of rotatable bonds is 3. The van der Waals surface area contributed by atoms with Crippen LogP contribution in [0.4, 0.5) is 18.9 Å². The summed E-state index contributed by atoms with van der Waals surface area (Å²) >= 11 is 0. The van der Waals surface area contributed by atoms with E-state index in [9.17, 15) is 18.0 Å². The lowest BCUT2D eigenvalue weighted by molar-refractivity contribution is -0.133. The summed E-state index contributed by atoms with van der Waals surface area (Å²) in [6.45, 7) is 0. The van der Waals surface area contributed by atoms with Crippen molar-refractivity contribution < 1.29 is 23.1 Å². The van der Waals surface area contributed by atoms with Gasteiger partial charge in [-0.3, -0.25) is 0 Å². The summed E-state index contributed by atoms with van der Waals surface area (Å²) in [5.74, 6) is -1.24. The van der Waals surface area contributed by atoms with E-state index in [0.29, 0.717) is 0 Å². The molecule has 0 saturated carbocycles. The maximum absolute atomic E-state index is 12.0. The van der Waals surface area contributed by atoms with E-state index in [-0.39, 0.29) is 23.2 Å². The number of aryl methyl sites for hydroxylation is 1. The number of aromatic carboxylic acids is 1. The summed E-state index contributed by atoms with van der Waals surface area (Å²) in [4.78, 5) is 10.7. The van der Waals surface area contributed by atoms with Crippen molar-refractivity contribution in [2.24, 2.45) is 0 Å². The highest BCUT2D eigenvalue weighted by molar-refractivity contribution is 5.94. The Hall–Kier alpha value is -1.72. The highest BCUT2D eigenvalue weighted by atomic mass is 19.4. The Balaban J connectivity index is 2.90. The van der Waals surface area contributed by atoms with Crippen molar-refractivity contribution in [3.63, 3.8) is 0 Å². The maximum Gasteiger partial charge on any atom is 0.389 e. The molecule has 0 heterocycles. The quantitative estimate of drug-likeness (QED) is 0.788. The van der Waals surface area contributed by atoms with Gasteiger partial charge in [-0.25, -0.2) is 4.79 Å². The van der Waals surface area contributed by atoms with E-state index < -0.39 is 18.6 Å². The highest BCUT2D eigenvalue weighted by Crippen LogP contribution is 2.25. The predicted octanol–water partition coefficient (Wildman–Crippen LogP) is 2.46. The zero-order valence-electron chi connectivity index (χ0n) is 8.21. The van der Waals surface area contributed by atoms with Gasteiger partial charge in [0.15, 0.2) is 0 Å². The van der Waals surface area contributed by atoms with Crippen LogP contribution in [-0.2, 0) is 6.42 Å². The summed E-state index contributed by atoms with van der Waals surface area (Å²) in [6, 6.07) is 4.04. The zero-order valence-corrected chi connectivity index (χ0v) is 8.21. The van der Waals surface area contributed by atoms with Gasteiger partial charge in [-0.1, -0.05) is 12.1 Å². The van der Waals surface area contributed by atoms with Crippen LogP contribution in [0.3, 0.4) is 0 Å². The number of carboxylic acids is 1. The van der Waals surface area contributed by atoms with Gasteiger partial charge >= 0.3 is 12.1 Å². The van der Waals surface area contributed by atoms with Crippen LogP contribution in [0, 0.1) is 0 Å². The zero-order chi connectivity index (χ0) is 12.3. The number of hydrogen-bond acceptors (Lipinski definition) is 2. The second kappa shape index (κ2) is 4.42. The fourth-order valence-corrected chi connectivity index (χ4v) is 1.29. The molecule has 0 bridgehead atoms. The lowest BCUT2D eigenvalue weighted by Crippen LogP contribution is -2.11. The monoisotopic (exact) mass is 233 g/mol. The Bertz CT molecular complexity index is 402. The van der Waals surface area contributed by atoms with Crippen LogP contribution in [-0.4, -0.2) is 17.3 Å². The van der Waals surface area contributed by atoms with Crippen molar-refractivity contribution in [3.05, 3.63) is 29.3 Å². The molecule has 3 nitrogen and oxygen atoms in total. The molecule has 0 fully saturated rings. The molecule has 0 saturated heterocycles. The maximum atomic E-state index is 12.0. The van der Waals surface area contributed by atoms with Crippen LogP contribution in [0.25, 0.3) is 0 Å². The molecule has 0 aliphatic carbocycles. The largest absolute Gasteiger partial charge is 0.478 e. The second-order valence-corrected chi connectivity index (χ2v) is 3.30. The van der Waals surface area contributed by atoms with E-state index in [4.69, 9.17) is 10.8 Å². The first-order valence-electron chi connectivity index (χ1n) is 4.48. The van der Waals surface area contributed by atoms with Crippen molar-refractivity contribution in [1.29, 1.82) is 0 Å². The Morgan fingerprint density at radius 1 is 1.38 bits per heavy atom. The van der Waals surface area contributed by atoms with Gasteiger partial charge in [0, 0.05) is 12.1 Å². The van der Waals surface area contributed by atoms with Gasteiger partial charge in [0.05, 0.1) is 5.56 Å². The Kier molecular flexibility index (Phi) is 3.41. The third kappa shape index (κ3) is 3.15. The van der Waals surface area contributed by atoms with E-state index in [1.807, 2.05) is 0 Å². The van der Waals surface area contributed by atoms with E-state index in [1.165, 1.54) is 18.2 Å². The first-order chi connectivity index (χ1) is 7.31. The topological polar surface area (TPSA) is 63.3 Å². The molecule has 0 aliphatic heterocycles. The minimum Gasteiger partial charge on any atom is -0.478 e. The number of hydrogen-bond donors (Lipinski definition) is 2. The second-order valence-electron chi connectivity index (χ2n) is 3.30. The lowest BCUT2D eigenvalue weighted by Gasteiger charge is -2.09. The molecular formula is C10H10F3NO2. The molecule has 88 valence electrons. The number of nitrogen functional groups attached to an aromatic ring is 1. The number of para-hydroxylation sites is 1. The number of carbonyl (C=O) groups is 1. The number of benzene rings is 1. The van der Waals surface area contributed by atoms with Gasteiger partial charge in [0.25, 0.3) is 0 Å². The molecular weight excluding hydrogens is 223 g/mol. The van der Waals surface area contributed by atoms with Gasteiger partial charge in [-0.2, -0.15) is 13.2 Å². The lowest BCUT2D eigenvalue weighted by atomic mass is 10.0. The van der Waals surface area contributed by atoms with Crippen molar-refractivity contribution in [2.45, 2.75) is 19.0 Å². The Morgan fingerprint density at radius 3 is 2.50 bits per heavy atom. The number of alkyl halides is 3. The summed E-state index contributed by atoms with van der Waals surface area (Å²) in [7, 11) is 0. The molecule has 0 aliphatic rings. The molecule has 6 heteroatoms. The molecule has 1 rings (SSSR count). The Morgan fingerprint density at radius 2 is 2.00 bits per heavy atom.